The quantitative estimate of drug-likeness (QED) is 0.491. The van der Waals surface area contributed by atoms with Gasteiger partial charge >= 0.3 is 0 Å². The van der Waals surface area contributed by atoms with Gasteiger partial charge in [0.25, 0.3) is 0 Å². The molecule has 5 heteroatoms. The van der Waals surface area contributed by atoms with Gasteiger partial charge in [-0.15, -0.1) is 24.0 Å². The molecular formula is C13H23IN4. The molecule has 0 aromatic carbocycles. The van der Waals surface area contributed by atoms with Crippen molar-refractivity contribution < 1.29 is 0 Å². The molecule has 1 rings (SSSR count). The second kappa shape index (κ2) is 9.13. The first-order valence-corrected chi connectivity index (χ1v) is 5.99. The lowest BCUT2D eigenvalue weighted by Crippen LogP contribution is -2.38. The molecule has 0 aliphatic carbocycles. The molecule has 1 heterocycles. The van der Waals surface area contributed by atoms with Crippen molar-refractivity contribution in [1.29, 1.82) is 0 Å². The van der Waals surface area contributed by atoms with E-state index in [-0.39, 0.29) is 24.0 Å². The normalized spacial score (nSPS) is 11.1. The Morgan fingerprint density at radius 2 is 2.06 bits per heavy atom. The van der Waals surface area contributed by atoms with Crippen LogP contribution in [-0.2, 0) is 6.54 Å². The Balaban J connectivity index is 0.00000289. The Bertz CT molecular complexity index is 377. The van der Waals surface area contributed by atoms with E-state index >= 15 is 0 Å². The summed E-state index contributed by atoms with van der Waals surface area (Å²) in [5.41, 5.74) is 2.06. The molecule has 0 fully saturated rings. The smallest absolute Gasteiger partial charge is 0.191 e. The molecule has 0 aliphatic heterocycles. The number of guanidine groups is 1. The van der Waals surface area contributed by atoms with Crippen LogP contribution in [0.15, 0.2) is 23.2 Å². The van der Waals surface area contributed by atoms with Gasteiger partial charge in [-0.3, -0.25) is 9.98 Å². The third-order valence-corrected chi connectivity index (χ3v) is 2.28. The number of hydrogen-bond acceptors (Lipinski definition) is 2. The van der Waals surface area contributed by atoms with Crippen molar-refractivity contribution in [3.05, 3.63) is 29.6 Å². The number of aryl methyl sites for hydroxylation is 1. The zero-order valence-corrected chi connectivity index (χ0v) is 13.9. The van der Waals surface area contributed by atoms with E-state index in [4.69, 9.17) is 0 Å². The van der Waals surface area contributed by atoms with Gasteiger partial charge in [-0.1, -0.05) is 19.9 Å². The van der Waals surface area contributed by atoms with Crippen LogP contribution in [-0.4, -0.2) is 24.5 Å². The van der Waals surface area contributed by atoms with Gasteiger partial charge in [0.05, 0.1) is 12.2 Å². The third-order valence-electron chi connectivity index (χ3n) is 2.28. The number of hydrogen-bond donors (Lipinski definition) is 2. The van der Waals surface area contributed by atoms with Crippen molar-refractivity contribution in [1.82, 2.24) is 15.6 Å². The van der Waals surface area contributed by atoms with Crippen molar-refractivity contribution in [2.75, 3.05) is 13.6 Å². The summed E-state index contributed by atoms with van der Waals surface area (Å²) in [7, 11) is 1.78. The molecule has 0 atom stereocenters. The van der Waals surface area contributed by atoms with E-state index in [9.17, 15) is 0 Å². The zero-order chi connectivity index (χ0) is 12.7. The predicted octanol–water partition coefficient (Wildman–Crippen LogP) is 2.33. The Morgan fingerprint density at radius 1 is 1.33 bits per heavy atom. The first-order valence-electron chi connectivity index (χ1n) is 5.99. The van der Waals surface area contributed by atoms with Gasteiger partial charge in [-0.05, 0) is 25.0 Å². The Kier molecular flexibility index (Phi) is 8.70. The summed E-state index contributed by atoms with van der Waals surface area (Å²) >= 11 is 0. The highest BCUT2D eigenvalue weighted by Gasteiger charge is 2.00. The fourth-order valence-electron chi connectivity index (χ4n) is 1.39. The number of rotatable bonds is 4. The number of halogens is 1. The number of nitrogens with zero attached hydrogens (tertiary/aromatic N) is 2. The van der Waals surface area contributed by atoms with Crippen molar-refractivity contribution in [3.8, 4) is 0 Å². The Morgan fingerprint density at radius 3 is 2.61 bits per heavy atom. The maximum Gasteiger partial charge on any atom is 0.191 e. The van der Waals surface area contributed by atoms with Crippen LogP contribution in [0.5, 0.6) is 0 Å². The Labute approximate surface area is 127 Å². The van der Waals surface area contributed by atoms with Crippen molar-refractivity contribution in [2.45, 2.75) is 27.3 Å². The van der Waals surface area contributed by atoms with Gasteiger partial charge in [-0.2, -0.15) is 0 Å². The number of pyridine rings is 1. The summed E-state index contributed by atoms with van der Waals surface area (Å²) in [6, 6.07) is 6.02. The molecule has 0 saturated carbocycles. The highest BCUT2D eigenvalue weighted by molar-refractivity contribution is 14.0. The molecule has 0 saturated heterocycles. The summed E-state index contributed by atoms with van der Waals surface area (Å²) < 4.78 is 0. The molecular weight excluding hydrogens is 339 g/mol. The van der Waals surface area contributed by atoms with Gasteiger partial charge in [0.2, 0.25) is 0 Å². The molecule has 0 radical (unpaired) electrons. The average molecular weight is 362 g/mol. The lowest BCUT2D eigenvalue weighted by atomic mass is 10.2. The van der Waals surface area contributed by atoms with Crippen LogP contribution in [0.3, 0.4) is 0 Å². The summed E-state index contributed by atoms with van der Waals surface area (Å²) in [6.07, 6.45) is 0. The van der Waals surface area contributed by atoms with E-state index in [1.165, 1.54) is 0 Å². The number of aliphatic imine (C=N–C) groups is 1. The van der Waals surface area contributed by atoms with Gasteiger partial charge < -0.3 is 10.6 Å². The second-order valence-electron chi connectivity index (χ2n) is 4.47. The average Bonchev–Trinajstić information content (AvgIpc) is 2.29. The molecule has 0 aliphatic rings. The zero-order valence-electron chi connectivity index (χ0n) is 11.5. The highest BCUT2D eigenvalue weighted by atomic mass is 127. The van der Waals surface area contributed by atoms with E-state index in [1.807, 2.05) is 25.1 Å². The van der Waals surface area contributed by atoms with Gasteiger partial charge in [0, 0.05) is 19.3 Å². The third kappa shape index (κ3) is 6.78. The van der Waals surface area contributed by atoms with E-state index in [2.05, 4.69) is 34.5 Å². The topological polar surface area (TPSA) is 49.3 Å². The standard InChI is InChI=1S/C13H22N4.HI/c1-10(2)8-15-13(14-4)16-9-12-7-5-6-11(3)17-12;/h5-7,10H,8-9H2,1-4H3,(H2,14,15,16);1H. The monoisotopic (exact) mass is 362 g/mol. The fourth-order valence-corrected chi connectivity index (χ4v) is 1.39. The molecule has 1 aromatic rings. The lowest BCUT2D eigenvalue weighted by Gasteiger charge is -2.13. The van der Waals surface area contributed by atoms with Crippen LogP contribution in [0.4, 0.5) is 0 Å². The first kappa shape index (κ1) is 17.2. The minimum absolute atomic E-state index is 0. The molecule has 0 unspecified atom stereocenters. The lowest BCUT2D eigenvalue weighted by molar-refractivity contribution is 0.614. The maximum absolute atomic E-state index is 4.43. The predicted molar refractivity (Wildman–Crippen MR) is 87.4 cm³/mol. The molecule has 0 spiro atoms. The van der Waals surface area contributed by atoms with Crippen molar-refractivity contribution in [3.63, 3.8) is 0 Å². The minimum atomic E-state index is 0. The van der Waals surface area contributed by atoms with Crippen LogP contribution in [0, 0.1) is 12.8 Å². The molecule has 18 heavy (non-hydrogen) atoms. The van der Waals surface area contributed by atoms with E-state index in [0.717, 1.165) is 23.9 Å². The molecule has 4 nitrogen and oxygen atoms in total. The van der Waals surface area contributed by atoms with E-state index in [0.29, 0.717) is 12.5 Å². The second-order valence-corrected chi connectivity index (χ2v) is 4.47. The highest BCUT2D eigenvalue weighted by Crippen LogP contribution is 1.97. The fraction of sp³-hybridized carbons (Fsp3) is 0.538. The minimum Gasteiger partial charge on any atom is -0.356 e. The van der Waals surface area contributed by atoms with Crippen molar-refractivity contribution >= 4 is 29.9 Å². The largest absolute Gasteiger partial charge is 0.356 e. The SMILES string of the molecule is CN=C(NCc1cccc(C)n1)NCC(C)C.I. The number of nitrogens with one attached hydrogen (secondary N) is 2. The maximum atomic E-state index is 4.43. The Hall–Kier alpha value is -0.850. The van der Waals surface area contributed by atoms with E-state index in [1.54, 1.807) is 7.05 Å². The molecule has 1 aromatic heterocycles. The summed E-state index contributed by atoms with van der Waals surface area (Å²) in [5.74, 6) is 1.42. The van der Waals surface area contributed by atoms with Gasteiger partial charge in [0.1, 0.15) is 0 Å². The van der Waals surface area contributed by atoms with Gasteiger partial charge in [0.15, 0.2) is 5.96 Å². The van der Waals surface area contributed by atoms with Crippen LogP contribution >= 0.6 is 24.0 Å². The van der Waals surface area contributed by atoms with Crippen LogP contribution < -0.4 is 10.6 Å². The molecule has 0 amide bonds. The summed E-state index contributed by atoms with van der Waals surface area (Å²) in [4.78, 5) is 8.59. The van der Waals surface area contributed by atoms with Crippen LogP contribution in [0.25, 0.3) is 0 Å². The first-order chi connectivity index (χ1) is 8.11. The number of aromatic nitrogens is 1. The molecule has 102 valence electrons. The van der Waals surface area contributed by atoms with Gasteiger partial charge in [-0.25, -0.2) is 0 Å². The van der Waals surface area contributed by atoms with Crippen LogP contribution in [0.1, 0.15) is 25.2 Å². The van der Waals surface area contributed by atoms with Crippen molar-refractivity contribution in [2.24, 2.45) is 10.9 Å². The van der Waals surface area contributed by atoms with Crippen LogP contribution in [0.2, 0.25) is 0 Å². The molecule has 0 bridgehead atoms. The summed E-state index contributed by atoms with van der Waals surface area (Å²) in [5, 5.41) is 6.51. The summed E-state index contributed by atoms with van der Waals surface area (Å²) in [6.45, 7) is 7.94. The molecule has 2 N–H and O–H groups in total. The van der Waals surface area contributed by atoms with E-state index < -0.39 is 0 Å².